The van der Waals surface area contributed by atoms with Crippen molar-refractivity contribution < 1.29 is 8.42 Å². The molecular weight excluding hydrogens is 200 g/mol. The summed E-state index contributed by atoms with van der Waals surface area (Å²) in [6.07, 6.45) is 1.50. The summed E-state index contributed by atoms with van der Waals surface area (Å²) in [6, 6.07) is 4.71. The highest BCUT2D eigenvalue weighted by molar-refractivity contribution is 7.89. The smallest absolute Gasteiger partial charge is 0.238 e. The molecule has 0 heterocycles. The van der Waals surface area contributed by atoms with Gasteiger partial charge >= 0.3 is 0 Å². The number of rotatable bonds is 1. The molecule has 1 aliphatic rings. The van der Waals surface area contributed by atoms with Crippen molar-refractivity contribution in [1.82, 2.24) is 0 Å². The molecule has 74 valence electrons. The maximum Gasteiger partial charge on any atom is 0.238 e. The molecule has 3 N–H and O–H groups in total. The number of nitrogens with one attached hydrogen (secondary N) is 1. The van der Waals surface area contributed by atoms with Gasteiger partial charge in [0.25, 0.3) is 0 Å². The maximum atomic E-state index is 11.0. The lowest BCUT2D eigenvalue weighted by Gasteiger charge is -2.02. The van der Waals surface area contributed by atoms with Crippen LogP contribution >= 0.6 is 0 Å². The van der Waals surface area contributed by atoms with Gasteiger partial charge in [0.2, 0.25) is 10.0 Å². The number of benzene rings is 1. The molecule has 2 rings (SSSR count). The van der Waals surface area contributed by atoms with E-state index in [1.807, 2.05) is 0 Å². The Morgan fingerprint density at radius 3 is 2.64 bits per heavy atom. The molecule has 1 aromatic carbocycles. The minimum absolute atomic E-state index is 0.0860. The van der Waals surface area contributed by atoms with Crippen LogP contribution in [0, 0.1) is 5.41 Å². The van der Waals surface area contributed by atoms with Gasteiger partial charge < -0.3 is 5.41 Å². The Bertz CT molecular complexity index is 506. The summed E-state index contributed by atoms with van der Waals surface area (Å²) < 4.78 is 22.1. The van der Waals surface area contributed by atoms with Crippen LogP contribution in [0.5, 0.6) is 0 Å². The van der Waals surface area contributed by atoms with Crippen molar-refractivity contribution in [3.63, 3.8) is 0 Å². The molecule has 0 amide bonds. The van der Waals surface area contributed by atoms with Crippen molar-refractivity contribution in [2.45, 2.75) is 17.7 Å². The Morgan fingerprint density at radius 2 is 2.00 bits per heavy atom. The summed E-state index contributed by atoms with van der Waals surface area (Å²) in [6.45, 7) is 0. The second-order valence-electron chi connectivity index (χ2n) is 3.34. The molecule has 0 unspecified atom stereocenters. The average Bonchev–Trinajstić information content (AvgIpc) is 2.46. The number of nitrogens with two attached hydrogens (primary N) is 1. The van der Waals surface area contributed by atoms with Gasteiger partial charge in [-0.05, 0) is 36.1 Å². The van der Waals surface area contributed by atoms with Crippen LogP contribution in [0.3, 0.4) is 0 Å². The molecule has 0 saturated heterocycles. The summed E-state index contributed by atoms with van der Waals surface area (Å²) in [5, 5.41) is 12.6. The number of sulfonamides is 1. The fourth-order valence-corrected chi connectivity index (χ4v) is 2.17. The minimum atomic E-state index is -3.64. The molecular formula is C9H10N2O2S. The first-order valence-corrected chi connectivity index (χ1v) is 5.76. The molecule has 5 heteroatoms. The largest absolute Gasteiger partial charge is 0.305 e. The van der Waals surface area contributed by atoms with E-state index in [9.17, 15) is 8.42 Å². The van der Waals surface area contributed by atoms with Gasteiger partial charge in [-0.25, -0.2) is 13.6 Å². The van der Waals surface area contributed by atoms with Gasteiger partial charge in [0, 0.05) is 5.71 Å². The van der Waals surface area contributed by atoms with Crippen molar-refractivity contribution in [2.75, 3.05) is 0 Å². The molecule has 0 radical (unpaired) electrons. The van der Waals surface area contributed by atoms with Gasteiger partial charge in [-0.1, -0.05) is 6.07 Å². The molecule has 0 bridgehead atoms. The van der Waals surface area contributed by atoms with Crippen LogP contribution in [0.2, 0.25) is 0 Å². The highest BCUT2D eigenvalue weighted by Crippen LogP contribution is 2.24. The zero-order valence-electron chi connectivity index (χ0n) is 7.45. The van der Waals surface area contributed by atoms with Gasteiger partial charge in [-0.15, -0.1) is 0 Å². The monoisotopic (exact) mass is 210 g/mol. The third-order valence-electron chi connectivity index (χ3n) is 2.38. The van der Waals surface area contributed by atoms with Crippen LogP contribution in [0.4, 0.5) is 0 Å². The summed E-state index contributed by atoms with van der Waals surface area (Å²) in [5.41, 5.74) is 2.24. The maximum absolute atomic E-state index is 11.0. The van der Waals surface area contributed by atoms with Crippen LogP contribution in [0.15, 0.2) is 23.1 Å². The molecule has 0 fully saturated rings. The van der Waals surface area contributed by atoms with E-state index >= 15 is 0 Å². The second-order valence-corrected chi connectivity index (χ2v) is 4.90. The standard InChI is InChI=1S/C9H10N2O2S/c10-9-4-2-6-1-3-7(5-8(6)9)14(11,12)13/h1,3,5,10H,2,4H2,(H2,11,12,13). The van der Waals surface area contributed by atoms with Crippen LogP contribution in [0.25, 0.3) is 0 Å². The topological polar surface area (TPSA) is 84.0 Å². The van der Waals surface area contributed by atoms with Gasteiger partial charge in [0.05, 0.1) is 4.90 Å². The zero-order valence-corrected chi connectivity index (χ0v) is 8.26. The summed E-state index contributed by atoms with van der Waals surface area (Å²) in [4.78, 5) is 0.0860. The number of fused-ring (bicyclic) bond motifs is 1. The Kier molecular flexibility index (Phi) is 1.94. The molecule has 4 nitrogen and oxygen atoms in total. The molecule has 0 atom stereocenters. The highest BCUT2D eigenvalue weighted by Gasteiger charge is 2.18. The SMILES string of the molecule is N=C1CCc2ccc(S(N)(=O)=O)cc21. The van der Waals surface area contributed by atoms with Gasteiger partial charge in [-0.3, -0.25) is 0 Å². The lowest BCUT2D eigenvalue weighted by atomic mass is 10.1. The lowest BCUT2D eigenvalue weighted by Crippen LogP contribution is -2.12. The molecule has 0 spiro atoms. The van der Waals surface area contributed by atoms with Crippen LogP contribution in [0.1, 0.15) is 17.5 Å². The Morgan fingerprint density at radius 1 is 1.29 bits per heavy atom. The van der Waals surface area contributed by atoms with E-state index in [2.05, 4.69) is 0 Å². The predicted molar refractivity (Wildman–Crippen MR) is 53.0 cm³/mol. The lowest BCUT2D eigenvalue weighted by molar-refractivity contribution is 0.598. The van der Waals surface area contributed by atoms with E-state index in [1.165, 1.54) is 12.1 Å². The first kappa shape index (κ1) is 9.36. The van der Waals surface area contributed by atoms with E-state index in [0.29, 0.717) is 12.1 Å². The van der Waals surface area contributed by atoms with Gasteiger partial charge in [-0.2, -0.15) is 0 Å². The zero-order chi connectivity index (χ0) is 10.3. The number of aryl methyl sites for hydroxylation is 1. The first-order valence-electron chi connectivity index (χ1n) is 4.22. The Hall–Kier alpha value is -1.20. The van der Waals surface area contributed by atoms with E-state index in [-0.39, 0.29) is 4.90 Å². The van der Waals surface area contributed by atoms with Crippen LogP contribution in [-0.2, 0) is 16.4 Å². The fraction of sp³-hybridized carbons (Fsp3) is 0.222. The molecule has 1 aromatic rings. The Labute approximate surface area is 82.3 Å². The second kappa shape index (κ2) is 2.90. The van der Waals surface area contributed by atoms with E-state index in [1.54, 1.807) is 6.07 Å². The summed E-state index contributed by atoms with van der Waals surface area (Å²) in [5.74, 6) is 0. The molecule has 14 heavy (non-hydrogen) atoms. The van der Waals surface area contributed by atoms with E-state index < -0.39 is 10.0 Å². The minimum Gasteiger partial charge on any atom is -0.305 e. The quantitative estimate of drug-likeness (QED) is 0.713. The third-order valence-corrected chi connectivity index (χ3v) is 3.29. The van der Waals surface area contributed by atoms with E-state index in [4.69, 9.17) is 10.5 Å². The fourth-order valence-electron chi connectivity index (χ4n) is 1.63. The normalized spacial score (nSPS) is 15.6. The Balaban J connectivity index is 2.61. The van der Waals surface area contributed by atoms with Gasteiger partial charge in [0.15, 0.2) is 0 Å². The highest BCUT2D eigenvalue weighted by atomic mass is 32.2. The number of primary sulfonamides is 1. The van der Waals surface area contributed by atoms with Crippen molar-refractivity contribution >= 4 is 15.7 Å². The number of hydrogen-bond donors (Lipinski definition) is 2. The molecule has 0 aromatic heterocycles. The number of hydrogen-bond acceptors (Lipinski definition) is 3. The van der Waals surface area contributed by atoms with Crippen LogP contribution < -0.4 is 5.14 Å². The summed E-state index contributed by atoms with van der Waals surface area (Å²) in [7, 11) is -3.64. The predicted octanol–water partition coefficient (Wildman–Crippen LogP) is 0.648. The summed E-state index contributed by atoms with van der Waals surface area (Å²) >= 11 is 0. The van der Waals surface area contributed by atoms with E-state index in [0.717, 1.165) is 17.5 Å². The van der Waals surface area contributed by atoms with Gasteiger partial charge in [0.1, 0.15) is 0 Å². The van der Waals surface area contributed by atoms with Crippen molar-refractivity contribution in [3.05, 3.63) is 29.3 Å². The van der Waals surface area contributed by atoms with Crippen molar-refractivity contribution in [1.29, 1.82) is 5.41 Å². The molecule has 0 saturated carbocycles. The first-order chi connectivity index (χ1) is 6.48. The van der Waals surface area contributed by atoms with Crippen molar-refractivity contribution in [2.24, 2.45) is 5.14 Å². The van der Waals surface area contributed by atoms with Crippen LogP contribution in [-0.4, -0.2) is 14.1 Å². The average molecular weight is 210 g/mol. The third kappa shape index (κ3) is 1.44. The van der Waals surface area contributed by atoms with Crippen molar-refractivity contribution in [3.8, 4) is 0 Å². The molecule has 1 aliphatic carbocycles. The molecule has 0 aliphatic heterocycles.